The summed E-state index contributed by atoms with van der Waals surface area (Å²) in [6, 6.07) is 4.77. The monoisotopic (exact) mass is 294 g/mol. The van der Waals surface area contributed by atoms with Crippen molar-refractivity contribution >= 4 is 17.7 Å². The van der Waals surface area contributed by atoms with Crippen LogP contribution in [0.25, 0.3) is 0 Å². The van der Waals surface area contributed by atoms with Gasteiger partial charge in [0.1, 0.15) is 5.82 Å². The van der Waals surface area contributed by atoms with Crippen molar-refractivity contribution in [1.82, 2.24) is 10.6 Å². The van der Waals surface area contributed by atoms with Crippen molar-refractivity contribution in [3.8, 4) is 0 Å². The van der Waals surface area contributed by atoms with E-state index in [-0.39, 0.29) is 17.8 Å². The molecule has 5 heteroatoms. The SMILES string of the molecule is O=C(CNCC1CC1)NC1CCSc2ccc(F)cc21. The summed E-state index contributed by atoms with van der Waals surface area (Å²) >= 11 is 1.72. The number of nitrogens with one attached hydrogen (secondary N) is 2. The lowest BCUT2D eigenvalue weighted by Crippen LogP contribution is -2.38. The van der Waals surface area contributed by atoms with Gasteiger partial charge in [0.15, 0.2) is 0 Å². The highest BCUT2D eigenvalue weighted by atomic mass is 32.2. The second-order valence-electron chi connectivity index (χ2n) is 5.51. The van der Waals surface area contributed by atoms with Crippen LogP contribution >= 0.6 is 11.8 Å². The summed E-state index contributed by atoms with van der Waals surface area (Å²) in [5.41, 5.74) is 0.914. The Balaban J connectivity index is 1.57. The van der Waals surface area contributed by atoms with E-state index >= 15 is 0 Å². The molecule has 0 saturated heterocycles. The van der Waals surface area contributed by atoms with Crippen LogP contribution in [0.1, 0.15) is 30.9 Å². The fraction of sp³-hybridized carbons (Fsp3) is 0.533. The molecule has 3 nitrogen and oxygen atoms in total. The third kappa shape index (κ3) is 3.52. The lowest BCUT2D eigenvalue weighted by molar-refractivity contribution is -0.121. The molecule has 1 heterocycles. The second-order valence-corrected chi connectivity index (χ2v) is 6.65. The molecule has 1 saturated carbocycles. The zero-order chi connectivity index (χ0) is 13.9. The molecule has 108 valence electrons. The number of thioether (sulfide) groups is 1. The highest BCUT2D eigenvalue weighted by Crippen LogP contribution is 2.36. The Morgan fingerprint density at radius 3 is 3.00 bits per heavy atom. The van der Waals surface area contributed by atoms with Gasteiger partial charge in [-0.3, -0.25) is 4.79 Å². The maximum absolute atomic E-state index is 13.4. The van der Waals surface area contributed by atoms with Crippen molar-refractivity contribution in [1.29, 1.82) is 0 Å². The van der Waals surface area contributed by atoms with E-state index in [9.17, 15) is 9.18 Å². The highest BCUT2D eigenvalue weighted by Gasteiger charge is 2.24. The number of fused-ring (bicyclic) bond motifs is 1. The van der Waals surface area contributed by atoms with Crippen LogP contribution in [0.15, 0.2) is 23.1 Å². The Kier molecular flexibility index (Phi) is 4.27. The summed E-state index contributed by atoms with van der Waals surface area (Å²) in [7, 11) is 0. The van der Waals surface area contributed by atoms with Gasteiger partial charge in [-0.05, 0) is 55.5 Å². The molecule has 0 radical (unpaired) electrons. The van der Waals surface area contributed by atoms with E-state index in [1.807, 2.05) is 0 Å². The Morgan fingerprint density at radius 1 is 1.35 bits per heavy atom. The predicted octanol–water partition coefficient (Wildman–Crippen LogP) is 2.48. The summed E-state index contributed by atoms with van der Waals surface area (Å²) in [5, 5.41) is 6.20. The molecular weight excluding hydrogens is 275 g/mol. The molecule has 1 amide bonds. The fourth-order valence-electron chi connectivity index (χ4n) is 2.47. The van der Waals surface area contributed by atoms with Crippen LogP contribution in [0.3, 0.4) is 0 Å². The van der Waals surface area contributed by atoms with Gasteiger partial charge in [0.2, 0.25) is 5.91 Å². The van der Waals surface area contributed by atoms with Gasteiger partial charge in [-0.25, -0.2) is 4.39 Å². The molecule has 1 aromatic carbocycles. The summed E-state index contributed by atoms with van der Waals surface area (Å²) in [6.07, 6.45) is 3.41. The Morgan fingerprint density at radius 2 is 2.20 bits per heavy atom. The van der Waals surface area contributed by atoms with Crippen molar-refractivity contribution in [3.05, 3.63) is 29.6 Å². The van der Waals surface area contributed by atoms with Crippen LogP contribution in [-0.4, -0.2) is 24.7 Å². The molecule has 1 aromatic rings. The van der Waals surface area contributed by atoms with Crippen LogP contribution in [0.4, 0.5) is 4.39 Å². The molecule has 1 aliphatic heterocycles. The summed E-state index contributed by atoms with van der Waals surface area (Å²) < 4.78 is 13.4. The van der Waals surface area contributed by atoms with E-state index in [0.717, 1.165) is 35.1 Å². The number of hydrogen-bond donors (Lipinski definition) is 2. The molecule has 2 aliphatic rings. The molecule has 1 aliphatic carbocycles. The van der Waals surface area contributed by atoms with Gasteiger partial charge in [0.25, 0.3) is 0 Å². The molecule has 2 N–H and O–H groups in total. The molecule has 1 atom stereocenters. The van der Waals surface area contributed by atoms with E-state index < -0.39 is 0 Å². The second kappa shape index (κ2) is 6.14. The van der Waals surface area contributed by atoms with E-state index in [2.05, 4.69) is 10.6 Å². The molecule has 20 heavy (non-hydrogen) atoms. The first-order chi connectivity index (χ1) is 9.72. The number of amides is 1. The largest absolute Gasteiger partial charge is 0.348 e. The van der Waals surface area contributed by atoms with Gasteiger partial charge >= 0.3 is 0 Å². The maximum atomic E-state index is 13.4. The third-order valence-electron chi connectivity index (χ3n) is 3.76. The summed E-state index contributed by atoms with van der Waals surface area (Å²) in [6.45, 7) is 1.28. The molecule has 1 fully saturated rings. The third-order valence-corrected chi connectivity index (χ3v) is 4.88. The number of hydrogen-bond acceptors (Lipinski definition) is 3. The minimum absolute atomic E-state index is 0.00207. The van der Waals surface area contributed by atoms with Gasteiger partial charge in [0.05, 0.1) is 12.6 Å². The number of carbonyl (C=O) groups is 1. The zero-order valence-corrected chi connectivity index (χ0v) is 12.1. The molecule has 0 aromatic heterocycles. The van der Waals surface area contributed by atoms with Gasteiger partial charge < -0.3 is 10.6 Å². The summed E-state index contributed by atoms with van der Waals surface area (Å²) in [5.74, 6) is 1.48. The number of halogens is 1. The van der Waals surface area contributed by atoms with E-state index in [0.29, 0.717) is 6.54 Å². The molecular formula is C15H19FN2OS. The molecule has 0 spiro atoms. The lowest BCUT2D eigenvalue weighted by Gasteiger charge is -2.26. The Hall–Kier alpha value is -1.07. The summed E-state index contributed by atoms with van der Waals surface area (Å²) in [4.78, 5) is 13.0. The van der Waals surface area contributed by atoms with Gasteiger partial charge in [-0.15, -0.1) is 11.8 Å². The smallest absolute Gasteiger partial charge is 0.234 e. The van der Waals surface area contributed by atoms with Crippen LogP contribution in [-0.2, 0) is 4.79 Å². The van der Waals surface area contributed by atoms with Gasteiger partial charge in [-0.1, -0.05) is 0 Å². The zero-order valence-electron chi connectivity index (χ0n) is 11.3. The predicted molar refractivity (Wildman–Crippen MR) is 78.2 cm³/mol. The van der Waals surface area contributed by atoms with Crippen LogP contribution in [0, 0.1) is 11.7 Å². The van der Waals surface area contributed by atoms with Gasteiger partial charge in [0, 0.05) is 10.6 Å². The first-order valence-corrected chi connectivity index (χ1v) is 8.13. The normalized spacial score (nSPS) is 21.4. The average molecular weight is 294 g/mol. The van der Waals surface area contributed by atoms with E-state index in [1.165, 1.54) is 18.9 Å². The van der Waals surface area contributed by atoms with Crippen molar-refractivity contribution in [2.24, 2.45) is 5.92 Å². The van der Waals surface area contributed by atoms with E-state index in [4.69, 9.17) is 0 Å². The number of benzene rings is 1. The van der Waals surface area contributed by atoms with Crippen molar-refractivity contribution in [2.45, 2.75) is 30.2 Å². The van der Waals surface area contributed by atoms with Crippen molar-refractivity contribution in [2.75, 3.05) is 18.8 Å². The minimum Gasteiger partial charge on any atom is -0.348 e. The van der Waals surface area contributed by atoms with Crippen LogP contribution in [0.5, 0.6) is 0 Å². The molecule has 1 unspecified atom stereocenters. The Labute approximate surface area is 122 Å². The Bertz CT molecular complexity index is 505. The number of carbonyl (C=O) groups excluding carboxylic acids is 1. The fourth-order valence-corrected chi connectivity index (χ4v) is 3.58. The quantitative estimate of drug-likeness (QED) is 0.876. The lowest BCUT2D eigenvalue weighted by atomic mass is 10.0. The molecule has 0 bridgehead atoms. The topological polar surface area (TPSA) is 41.1 Å². The van der Waals surface area contributed by atoms with Crippen LogP contribution in [0.2, 0.25) is 0 Å². The van der Waals surface area contributed by atoms with Gasteiger partial charge in [-0.2, -0.15) is 0 Å². The van der Waals surface area contributed by atoms with Crippen molar-refractivity contribution in [3.63, 3.8) is 0 Å². The first kappa shape index (κ1) is 13.9. The first-order valence-electron chi connectivity index (χ1n) is 7.14. The average Bonchev–Trinajstić information content (AvgIpc) is 3.24. The minimum atomic E-state index is -0.239. The maximum Gasteiger partial charge on any atom is 0.234 e. The van der Waals surface area contributed by atoms with Crippen molar-refractivity contribution < 1.29 is 9.18 Å². The van der Waals surface area contributed by atoms with E-state index in [1.54, 1.807) is 23.9 Å². The highest BCUT2D eigenvalue weighted by molar-refractivity contribution is 7.99. The number of rotatable bonds is 5. The molecule has 3 rings (SSSR count). The van der Waals surface area contributed by atoms with Crippen LogP contribution < -0.4 is 10.6 Å². The standard InChI is InChI=1S/C15H19FN2OS/c16-11-3-4-14-12(7-11)13(5-6-20-14)18-15(19)9-17-8-10-1-2-10/h3-4,7,10,13,17H,1-2,5-6,8-9H2,(H,18,19).